The van der Waals surface area contributed by atoms with Gasteiger partial charge in [0.15, 0.2) is 18.2 Å². The van der Waals surface area contributed by atoms with Gasteiger partial charge in [-0.1, -0.05) is 37.1 Å². The van der Waals surface area contributed by atoms with Gasteiger partial charge >= 0.3 is 5.97 Å². The second-order valence-electron chi connectivity index (χ2n) is 8.66. The Labute approximate surface area is 226 Å². The van der Waals surface area contributed by atoms with E-state index in [1.807, 2.05) is 13.0 Å². The normalized spacial score (nSPS) is 10.8. The van der Waals surface area contributed by atoms with Crippen molar-refractivity contribution in [3.63, 3.8) is 0 Å². The second-order valence-corrected chi connectivity index (χ2v) is 9.07. The number of halogens is 1. The zero-order valence-corrected chi connectivity index (χ0v) is 22.6. The molecule has 3 aromatic carbocycles. The number of Topliss-reactive ketones (excluding diaryl/α,β-unsaturated/α-hetero) is 2. The third-order valence-corrected chi connectivity index (χ3v) is 6.15. The number of carbonyl (C=O) groups excluding carboxylic acids is 3. The van der Waals surface area contributed by atoms with E-state index in [2.05, 4.69) is 4.74 Å². The van der Waals surface area contributed by atoms with Crippen LogP contribution in [0.5, 0.6) is 23.0 Å². The lowest BCUT2D eigenvalue weighted by atomic mass is 10.0. The molecular formula is C29H31ClO8. The third kappa shape index (κ3) is 6.75. The summed E-state index contributed by atoms with van der Waals surface area (Å²) in [4.78, 5) is 35.8. The Morgan fingerprint density at radius 1 is 0.947 bits per heavy atom. The highest BCUT2D eigenvalue weighted by atomic mass is 35.5. The molecule has 0 heterocycles. The minimum absolute atomic E-state index is 0.104. The summed E-state index contributed by atoms with van der Waals surface area (Å²) >= 11 is 6.37. The molecule has 3 rings (SSSR count). The molecular weight excluding hydrogens is 512 g/mol. The molecule has 3 aromatic rings. The van der Waals surface area contributed by atoms with Gasteiger partial charge in [0.2, 0.25) is 0 Å². The minimum Gasteiger partial charge on any atom is -0.507 e. The van der Waals surface area contributed by atoms with Gasteiger partial charge in [-0.25, -0.2) is 4.79 Å². The van der Waals surface area contributed by atoms with Crippen LogP contribution in [0.4, 0.5) is 0 Å². The number of rotatable bonds is 13. The van der Waals surface area contributed by atoms with Crippen LogP contribution in [-0.2, 0) is 16.0 Å². The van der Waals surface area contributed by atoms with Gasteiger partial charge in [-0.3, -0.25) is 9.59 Å². The molecule has 0 radical (unpaired) electrons. The first kappa shape index (κ1) is 28.8. The summed E-state index contributed by atoms with van der Waals surface area (Å²) in [5.74, 6) is 0.129. The Morgan fingerprint density at radius 2 is 1.66 bits per heavy atom. The molecule has 0 saturated heterocycles. The largest absolute Gasteiger partial charge is 0.507 e. The van der Waals surface area contributed by atoms with Crippen LogP contribution in [0, 0.1) is 0 Å². The van der Waals surface area contributed by atoms with E-state index in [0.717, 1.165) is 11.8 Å². The summed E-state index contributed by atoms with van der Waals surface area (Å²) in [5, 5.41) is 12.3. The van der Waals surface area contributed by atoms with Crippen molar-refractivity contribution in [2.75, 3.05) is 26.9 Å². The molecule has 0 fully saturated rings. The van der Waals surface area contributed by atoms with Crippen LogP contribution in [0.25, 0.3) is 10.8 Å². The van der Waals surface area contributed by atoms with Gasteiger partial charge in [-0.15, -0.1) is 0 Å². The Bertz CT molecular complexity index is 1350. The fourth-order valence-electron chi connectivity index (χ4n) is 4.05. The number of benzene rings is 3. The molecule has 9 heteroatoms. The standard InChI is InChI=1S/C29H31ClO8/c1-5-7-21-28(34)22(17(2)31)15-24(30)29(21)37-13-6-12-36-25-11-9-19-8-10-20(38-16-26(33)35-4)14-23(19)27(25)18(3)32/h8-11,14-15,34H,5-7,12-13,16H2,1-4H3. The monoisotopic (exact) mass is 542 g/mol. The summed E-state index contributed by atoms with van der Waals surface area (Å²) < 4.78 is 21.9. The predicted molar refractivity (Wildman–Crippen MR) is 144 cm³/mol. The molecule has 8 nitrogen and oxygen atoms in total. The van der Waals surface area contributed by atoms with Crippen molar-refractivity contribution in [3.8, 4) is 23.0 Å². The molecule has 0 aromatic heterocycles. The summed E-state index contributed by atoms with van der Waals surface area (Å²) in [7, 11) is 1.28. The molecule has 0 aliphatic carbocycles. The number of phenols is 1. The molecule has 0 spiro atoms. The van der Waals surface area contributed by atoms with Crippen molar-refractivity contribution in [2.45, 2.75) is 40.0 Å². The average Bonchev–Trinajstić information content (AvgIpc) is 2.89. The molecule has 0 unspecified atom stereocenters. The molecule has 38 heavy (non-hydrogen) atoms. The van der Waals surface area contributed by atoms with E-state index in [1.165, 1.54) is 27.0 Å². The molecule has 1 N–H and O–H groups in total. The minimum atomic E-state index is -0.510. The molecule has 0 aliphatic rings. The highest BCUT2D eigenvalue weighted by Crippen LogP contribution is 2.39. The maximum absolute atomic E-state index is 12.5. The maximum atomic E-state index is 12.5. The zero-order valence-electron chi connectivity index (χ0n) is 21.9. The van der Waals surface area contributed by atoms with Crippen LogP contribution in [-0.4, -0.2) is 49.6 Å². The lowest BCUT2D eigenvalue weighted by Crippen LogP contribution is -2.12. The first-order valence-corrected chi connectivity index (χ1v) is 12.6. The fourth-order valence-corrected chi connectivity index (χ4v) is 4.33. The number of methoxy groups -OCH3 is 1. The average molecular weight is 543 g/mol. The van der Waals surface area contributed by atoms with Gasteiger partial charge in [-0.2, -0.15) is 0 Å². The Balaban J connectivity index is 1.72. The van der Waals surface area contributed by atoms with Gasteiger partial charge in [0.25, 0.3) is 0 Å². The van der Waals surface area contributed by atoms with Gasteiger partial charge in [0.1, 0.15) is 23.0 Å². The third-order valence-electron chi connectivity index (χ3n) is 5.87. The molecule has 0 bridgehead atoms. The fraction of sp³-hybridized carbons (Fsp3) is 0.345. The highest BCUT2D eigenvalue weighted by Gasteiger charge is 2.20. The van der Waals surface area contributed by atoms with Gasteiger partial charge in [-0.05, 0) is 55.3 Å². The molecule has 0 amide bonds. The van der Waals surface area contributed by atoms with E-state index < -0.39 is 5.97 Å². The van der Waals surface area contributed by atoms with Crippen molar-refractivity contribution >= 4 is 39.9 Å². The van der Waals surface area contributed by atoms with Crippen molar-refractivity contribution in [1.29, 1.82) is 0 Å². The molecule has 0 aliphatic heterocycles. The maximum Gasteiger partial charge on any atom is 0.343 e. The van der Waals surface area contributed by atoms with Crippen molar-refractivity contribution in [3.05, 3.63) is 58.1 Å². The smallest absolute Gasteiger partial charge is 0.343 e. The van der Waals surface area contributed by atoms with E-state index in [-0.39, 0.29) is 47.7 Å². The number of phenolic OH excluding ortho intramolecular Hbond substituents is 1. The number of hydrogen-bond donors (Lipinski definition) is 1. The van der Waals surface area contributed by atoms with E-state index in [0.29, 0.717) is 46.6 Å². The van der Waals surface area contributed by atoms with E-state index in [1.54, 1.807) is 24.3 Å². The summed E-state index contributed by atoms with van der Waals surface area (Å²) in [6.07, 6.45) is 1.70. The molecule has 202 valence electrons. The van der Waals surface area contributed by atoms with E-state index in [9.17, 15) is 19.5 Å². The van der Waals surface area contributed by atoms with Crippen LogP contribution < -0.4 is 14.2 Å². The van der Waals surface area contributed by atoms with Gasteiger partial charge in [0.05, 0.1) is 36.5 Å². The van der Waals surface area contributed by atoms with E-state index >= 15 is 0 Å². The van der Waals surface area contributed by atoms with Crippen LogP contribution in [0.1, 0.15) is 59.9 Å². The summed E-state index contributed by atoms with van der Waals surface area (Å²) in [6.45, 7) is 5.04. The Kier molecular flexibility index (Phi) is 9.96. The van der Waals surface area contributed by atoms with Crippen LogP contribution in [0.15, 0.2) is 36.4 Å². The molecule has 0 atom stereocenters. The van der Waals surface area contributed by atoms with E-state index in [4.69, 9.17) is 25.8 Å². The van der Waals surface area contributed by atoms with Gasteiger partial charge < -0.3 is 24.1 Å². The van der Waals surface area contributed by atoms with Crippen LogP contribution >= 0.6 is 11.6 Å². The first-order chi connectivity index (χ1) is 18.2. The lowest BCUT2D eigenvalue weighted by molar-refractivity contribution is -0.142. The second kappa shape index (κ2) is 13.1. The Morgan fingerprint density at radius 3 is 2.32 bits per heavy atom. The number of ketones is 2. The van der Waals surface area contributed by atoms with Crippen molar-refractivity contribution < 1.29 is 38.4 Å². The number of carbonyl (C=O) groups is 3. The van der Waals surface area contributed by atoms with Crippen LogP contribution in [0.3, 0.4) is 0 Å². The number of esters is 1. The lowest BCUT2D eigenvalue weighted by Gasteiger charge is -2.17. The number of ether oxygens (including phenoxy) is 4. The molecule has 0 saturated carbocycles. The number of aromatic hydroxyl groups is 1. The summed E-state index contributed by atoms with van der Waals surface area (Å²) in [5.41, 5.74) is 1.08. The van der Waals surface area contributed by atoms with Crippen LogP contribution in [0.2, 0.25) is 5.02 Å². The zero-order chi connectivity index (χ0) is 27.8. The quantitative estimate of drug-likeness (QED) is 0.160. The van der Waals surface area contributed by atoms with Crippen molar-refractivity contribution in [2.24, 2.45) is 0 Å². The first-order valence-electron chi connectivity index (χ1n) is 12.3. The summed E-state index contributed by atoms with van der Waals surface area (Å²) in [6, 6.07) is 10.2. The Hall–Kier alpha value is -3.78. The predicted octanol–water partition coefficient (Wildman–Crippen LogP) is 5.96. The highest BCUT2D eigenvalue weighted by molar-refractivity contribution is 6.32. The SMILES string of the molecule is CCCc1c(O)c(C(C)=O)cc(Cl)c1OCCCOc1ccc2ccc(OCC(=O)OC)cc2c1C(C)=O. The number of fused-ring (bicyclic) bond motifs is 1. The topological polar surface area (TPSA) is 108 Å². The van der Waals surface area contributed by atoms with Gasteiger partial charge in [0, 0.05) is 12.0 Å². The number of hydrogen-bond acceptors (Lipinski definition) is 8. The van der Waals surface area contributed by atoms with Crippen molar-refractivity contribution in [1.82, 2.24) is 0 Å².